The van der Waals surface area contributed by atoms with Crippen LogP contribution in [0.5, 0.6) is 0 Å². The maximum Gasteiger partial charge on any atom is 0.147 e. The minimum atomic E-state index is -3.10. The van der Waals surface area contributed by atoms with Crippen LogP contribution >= 0.6 is 29.8 Å². The Balaban J connectivity index is 1.26. The molecule has 1 nitrogen and oxygen atoms in total. The van der Waals surface area contributed by atoms with Crippen molar-refractivity contribution in [1.29, 1.82) is 0 Å². The van der Waals surface area contributed by atoms with Gasteiger partial charge in [0.05, 0.1) is 0 Å². The second kappa shape index (κ2) is 18.1. The Hall–Kier alpha value is -4.53. The molecule has 6 aromatic carbocycles. The molecule has 1 fully saturated rings. The van der Waals surface area contributed by atoms with Crippen LogP contribution in [0.3, 0.4) is 0 Å². The van der Waals surface area contributed by atoms with Crippen molar-refractivity contribution in [3.8, 4) is 11.1 Å². The lowest BCUT2D eigenvalue weighted by molar-refractivity contribution is 0.238. The summed E-state index contributed by atoms with van der Waals surface area (Å²) in [6, 6.07) is 34.0. The molecular formula is C63H67OPS2. The van der Waals surface area contributed by atoms with Crippen LogP contribution in [0.15, 0.2) is 91.0 Å². The summed E-state index contributed by atoms with van der Waals surface area (Å²) in [6.07, 6.45) is 20.2. The Labute approximate surface area is 407 Å². The normalized spacial score (nSPS) is 20.2. The van der Waals surface area contributed by atoms with E-state index in [4.69, 9.17) is 0 Å². The number of rotatable bonds is 13. The van der Waals surface area contributed by atoms with E-state index in [1.54, 1.807) is 33.4 Å². The topological polar surface area (TPSA) is 17.1 Å². The molecule has 342 valence electrons. The average Bonchev–Trinajstić information content (AvgIpc) is 4.11. The van der Waals surface area contributed by atoms with Crippen LogP contribution in [-0.4, -0.2) is 5.66 Å². The highest BCUT2D eigenvalue weighted by atomic mass is 32.1. The van der Waals surface area contributed by atoms with Gasteiger partial charge in [-0.05, 0) is 177 Å². The molecule has 0 bridgehead atoms. The molecule has 11 rings (SSSR count). The summed E-state index contributed by atoms with van der Waals surface area (Å²) in [5.41, 5.74) is 16.2. The van der Waals surface area contributed by atoms with Crippen molar-refractivity contribution in [2.45, 2.75) is 131 Å². The monoisotopic (exact) mass is 934 g/mol. The lowest BCUT2D eigenvalue weighted by atomic mass is 9.77. The van der Waals surface area contributed by atoms with Crippen molar-refractivity contribution in [3.63, 3.8) is 0 Å². The van der Waals surface area contributed by atoms with E-state index in [-0.39, 0.29) is 5.66 Å². The number of benzene rings is 6. The molecule has 0 saturated heterocycles. The Morgan fingerprint density at radius 2 is 1.31 bits per heavy atom. The number of hydrogen-bond donors (Lipinski definition) is 0. The molecule has 1 aliphatic heterocycles. The van der Waals surface area contributed by atoms with Gasteiger partial charge in [0.1, 0.15) is 7.14 Å². The van der Waals surface area contributed by atoms with Crippen LogP contribution in [0.4, 0.5) is 0 Å². The van der Waals surface area contributed by atoms with E-state index in [1.807, 2.05) is 22.7 Å². The van der Waals surface area contributed by atoms with E-state index in [0.717, 1.165) is 86.8 Å². The summed E-state index contributed by atoms with van der Waals surface area (Å²) in [4.78, 5) is 1.30. The second-order valence-corrected chi connectivity index (χ2v) is 25.9. The van der Waals surface area contributed by atoms with Gasteiger partial charge in [-0.1, -0.05) is 147 Å². The zero-order valence-electron chi connectivity index (χ0n) is 40.9. The van der Waals surface area contributed by atoms with Crippen LogP contribution in [0.2, 0.25) is 0 Å². The van der Waals surface area contributed by atoms with Gasteiger partial charge in [-0.2, -0.15) is 0 Å². The smallest absolute Gasteiger partial charge is 0.147 e. The van der Waals surface area contributed by atoms with Crippen LogP contribution in [-0.2, 0) is 36.7 Å². The molecular weight excluding hydrogens is 868 g/mol. The third-order valence-electron chi connectivity index (χ3n) is 16.1. The molecule has 3 heterocycles. The molecule has 2 aromatic heterocycles. The number of hydrogen-bond acceptors (Lipinski definition) is 3. The third kappa shape index (κ3) is 7.31. The molecule has 0 radical (unpaired) electrons. The molecule has 8 aromatic rings. The van der Waals surface area contributed by atoms with Crippen molar-refractivity contribution >= 4 is 99.7 Å². The van der Waals surface area contributed by atoms with E-state index in [0.29, 0.717) is 17.8 Å². The SMILES string of the molecule is CCCc1c2c(c3cc4c(cc3c1CCC)C=C(c1ccccc1)[P@@]4(=O)[C@@H]1C[C@H](C)CC[C@H]1C(C)C)-c1c(c(CCC)c(CCC)c3sc4ccc5sc(/C=C/c6ccccc6)cc5c4c13)C2. The summed E-state index contributed by atoms with van der Waals surface area (Å²) >= 11 is 3.96. The number of thiophene rings is 2. The predicted octanol–water partition coefficient (Wildman–Crippen LogP) is 18.9. The second-order valence-electron chi connectivity index (χ2n) is 20.8. The highest BCUT2D eigenvalue weighted by Crippen LogP contribution is 2.71. The van der Waals surface area contributed by atoms with Crippen LogP contribution in [0.1, 0.15) is 148 Å². The van der Waals surface area contributed by atoms with Gasteiger partial charge in [0.2, 0.25) is 0 Å². The molecule has 0 amide bonds. The summed E-state index contributed by atoms with van der Waals surface area (Å²) in [7, 11) is -3.10. The fourth-order valence-electron chi connectivity index (χ4n) is 13.2. The van der Waals surface area contributed by atoms with Gasteiger partial charge >= 0.3 is 0 Å². The molecule has 0 unspecified atom stereocenters. The summed E-state index contributed by atoms with van der Waals surface area (Å²) in [6.45, 7) is 16.7. The van der Waals surface area contributed by atoms with Gasteiger partial charge < -0.3 is 4.57 Å². The minimum Gasteiger partial charge on any atom is -0.313 e. The van der Waals surface area contributed by atoms with Crippen molar-refractivity contribution < 1.29 is 4.57 Å². The largest absolute Gasteiger partial charge is 0.313 e. The minimum absolute atomic E-state index is 0.133. The highest BCUT2D eigenvalue weighted by Gasteiger charge is 2.49. The van der Waals surface area contributed by atoms with E-state index in [2.05, 4.69) is 158 Å². The zero-order valence-corrected chi connectivity index (χ0v) is 43.4. The fraction of sp³-hybridized carbons (Fsp3) is 0.365. The maximum absolute atomic E-state index is 17.2. The first-order valence-electron chi connectivity index (χ1n) is 25.9. The molecule has 0 N–H and O–H groups in total. The first-order chi connectivity index (χ1) is 32.7. The van der Waals surface area contributed by atoms with E-state index in [1.165, 1.54) is 74.6 Å². The maximum atomic E-state index is 17.2. The Morgan fingerprint density at radius 1 is 0.657 bits per heavy atom. The van der Waals surface area contributed by atoms with Crippen molar-refractivity contribution in [1.82, 2.24) is 0 Å². The third-order valence-corrected chi connectivity index (χ3v) is 22.1. The molecule has 3 aliphatic rings. The lowest BCUT2D eigenvalue weighted by Crippen LogP contribution is -2.34. The molecule has 4 atom stereocenters. The molecule has 67 heavy (non-hydrogen) atoms. The quantitative estimate of drug-likeness (QED) is 0.105. The predicted molar refractivity (Wildman–Crippen MR) is 298 cm³/mol. The standard InChI is InChI=1S/C63H67OPS2/c1-8-18-45-46(19-9-2)50-36-51-47(20-10-3)48(21-11-4)63-62(60-53-35-43(28-27-40-22-14-12-15-23-40)66-57(53)30-31-58(60)67-63)61(51)59(50)52-37-55-42(33-49(45)52)34-54(41-24-16-13-17-25-41)65(55,64)56-32-39(7)26-29-44(56)38(5)6/h12-17,22-25,27-28,30-31,33-35,37-39,44,56H,8-11,18-21,26,29,32,36H2,1-7H3/b28-27+/t39-,44+,56-,65+/m1/s1. The van der Waals surface area contributed by atoms with Crippen LogP contribution in [0.25, 0.3) is 75.7 Å². The molecule has 1 saturated carbocycles. The summed E-state index contributed by atoms with van der Waals surface area (Å²) < 4.78 is 21.4. The zero-order chi connectivity index (χ0) is 46.1. The van der Waals surface area contributed by atoms with E-state index >= 15 is 4.57 Å². The number of aryl methyl sites for hydroxylation is 2. The number of fused-ring (bicyclic) bond motifs is 12. The van der Waals surface area contributed by atoms with Crippen molar-refractivity contribution in [2.75, 3.05) is 0 Å². The van der Waals surface area contributed by atoms with E-state index < -0.39 is 7.14 Å². The van der Waals surface area contributed by atoms with Crippen LogP contribution < -0.4 is 5.30 Å². The van der Waals surface area contributed by atoms with Gasteiger partial charge in [-0.15, -0.1) is 22.7 Å². The van der Waals surface area contributed by atoms with Gasteiger partial charge in [0.25, 0.3) is 0 Å². The fourth-order valence-corrected chi connectivity index (χ4v) is 19.9. The lowest BCUT2D eigenvalue weighted by Gasteiger charge is -2.42. The summed E-state index contributed by atoms with van der Waals surface area (Å²) in [5, 5.41) is 9.32. The van der Waals surface area contributed by atoms with Gasteiger partial charge in [-0.3, -0.25) is 0 Å². The molecule has 0 spiro atoms. The van der Waals surface area contributed by atoms with Gasteiger partial charge in [0, 0.05) is 51.4 Å². The highest BCUT2D eigenvalue weighted by molar-refractivity contribution is 7.82. The molecule has 4 heteroatoms. The Bertz CT molecular complexity index is 3320. The molecule has 2 aliphatic carbocycles. The first kappa shape index (κ1) is 44.9. The Kier molecular flexibility index (Phi) is 12.1. The summed E-state index contributed by atoms with van der Waals surface area (Å²) in [5.74, 6) is 1.47. The van der Waals surface area contributed by atoms with Gasteiger partial charge in [0.15, 0.2) is 0 Å². The van der Waals surface area contributed by atoms with Gasteiger partial charge in [-0.25, -0.2) is 0 Å². The Morgan fingerprint density at radius 3 is 2.03 bits per heavy atom. The van der Waals surface area contributed by atoms with Crippen LogP contribution in [0, 0.1) is 17.8 Å². The first-order valence-corrected chi connectivity index (χ1v) is 29.3. The van der Waals surface area contributed by atoms with Crippen molar-refractivity contribution in [2.24, 2.45) is 17.8 Å². The average molecular weight is 935 g/mol. The van der Waals surface area contributed by atoms with E-state index in [9.17, 15) is 0 Å². The van der Waals surface area contributed by atoms with Crippen molar-refractivity contribution in [3.05, 3.63) is 146 Å².